The molecule has 3 heteroatoms. The van der Waals surface area contributed by atoms with E-state index in [9.17, 15) is 4.79 Å². The molecule has 8 atom stereocenters. The molecule has 0 spiro atoms. The average Bonchev–Trinajstić information content (AvgIpc) is 3.15. The van der Waals surface area contributed by atoms with Gasteiger partial charge in [0.25, 0.3) is 0 Å². The molecule has 1 aromatic carbocycles. The summed E-state index contributed by atoms with van der Waals surface area (Å²) >= 11 is 0. The molecule has 1 aliphatic heterocycles. The van der Waals surface area contributed by atoms with E-state index >= 15 is 0 Å². The van der Waals surface area contributed by atoms with Crippen molar-refractivity contribution in [2.24, 2.45) is 40.4 Å². The smallest absolute Gasteiger partial charge is 0.243 e. The third-order valence-corrected chi connectivity index (χ3v) is 10.5. The Morgan fingerprint density at radius 2 is 1.84 bits per heavy atom. The molecular formula is C29H41NO2. The maximum atomic E-state index is 12.0. The van der Waals surface area contributed by atoms with E-state index < -0.39 is 0 Å². The van der Waals surface area contributed by atoms with Gasteiger partial charge < -0.3 is 10.1 Å². The molecule has 3 fully saturated rings. The fourth-order valence-corrected chi connectivity index (χ4v) is 8.78. The first kappa shape index (κ1) is 22.0. The lowest BCUT2D eigenvalue weighted by Gasteiger charge is -2.59. The second-order valence-electron chi connectivity index (χ2n) is 11.7. The molecule has 174 valence electrons. The van der Waals surface area contributed by atoms with Gasteiger partial charge in [0.05, 0.1) is 7.11 Å². The number of carbonyl (C=O) groups is 1. The number of methoxy groups -OCH3 is 1. The van der Waals surface area contributed by atoms with Gasteiger partial charge in [0, 0.05) is 11.5 Å². The first-order chi connectivity index (χ1) is 15.4. The summed E-state index contributed by atoms with van der Waals surface area (Å²) in [5.41, 5.74) is 2.07. The predicted octanol–water partition coefficient (Wildman–Crippen LogP) is 6.18. The van der Waals surface area contributed by atoms with Crippen LogP contribution in [0, 0.1) is 40.4 Å². The predicted molar refractivity (Wildman–Crippen MR) is 129 cm³/mol. The number of hydrogen-bond acceptors (Lipinski definition) is 2. The molecule has 3 aliphatic carbocycles. The summed E-state index contributed by atoms with van der Waals surface area (Å²) in [5, 5.41) is 3.30. The molecule has 4 aliphatic rings. The molecule has 1 aromatic rings. The number of ether oxygens (including phenoxy) is 1. The number of nitrogens with one attached hydrogen (secondary N) is 1. The van der Waals surface area contributed by atoms with E-state index in [-0.39, 0.29) is 11.3 Å². The monoisotopic (exact) mass is 435 g/mol. The first-order valence-electron chi connectivity index (χ1n) is 13.0. The van der Waals surface area contributed by atoms with Crippen molar-refractivity contribution in [2.45, 2.75) is 78.2 Å². The van der Waals surface area contributed by atoms with Crippen molar-refractivity contribution in [2.75, 3.05) is 7.11 Å². The minimum absolute atomic E-state index is 0.108. The number of hydrogen-bond donors (Lipinski definition) is 1. The number of benzene rings is 1. The third kappa shape index (κ3) is 3.42. The maximum Gasteiger partial charge on any atom is 0.243 e. The van der Waals surface area contributed by atoms with Crippen LogP contribution in [0.1, 0.15) is 71.3 Å². The van der Waals surface area contributed by atoms with E-state index in [0.717, 1.165) is 41.8 Å². The van der Waals surface area contributed by atoms with Gasteiger partial charge >= 0.3 is 0 Å². The second-order valence-corrected chi connectivity index (χ2v) is 11.7. The number of fused-ring (bicyclic) bond motifs is 5. The Balaban J connectivity index is 1.36. The molecule has 0 aromatic heterocycles. The summed E-state index contributed by atoms with van der Waals surface area (Å²) in [6.45, 7) is 7.48. The van der Waals surface area contributed by atoms with Crippen LogP contribution in [0.5, 0.6) is 5.75 Å². The van der Waals surface area contributed by atoms with Crippen molar-refractivity contribution in [3.63, 3.8) is 0 Å². The number of amides is 1. The lowest BCUT2D eigenvalue weighted by molar-refractivity contribution is -0.122. The standard InChI is InChI=1S/C29H41NO2/c1-5-20(18-19-6-8-21(32-4)9-7-19)23-11-12-24-22-10-13-26-29(3,17-15-27(31)30-26)25(22)14-16-28(23,24)2/h6-9,15,17,20,22-26H,5,10-14,16,18H2,1-4H3,(H,30,31)/t20?,22-,23+,24-,25-,26?,28+,29+/m0/s1. The maximum absolute atomic E-state index is 12.0. The van der Waals surface area contributed by atoms with E-state index in [1.807, 2.05) is 6.08 Å². The summed E-state index contributed by atoms with van der Waals surface area (Å²) in [4.78, 5) is 12.0. The van der Waals surface area contributed by atoms with Crippen LogP contribution in [0.4, 0.5) is 0 Å². The topological polar surface area (TPSA) is 38.3 Å². The quantitative estimate of drug-likeness (QED) is 0.600. The second kappa shape index (κ2) is 8.22. The first-order valence-corrected chi connectivity index (χ1v) is 13.0. The molecule has 1 amide bonds. The van der Waals surface area contributed by atoms with Crippen molar-refractivity contribution in [3.8, 4) is 5.75 Å². The zero-order chi connectivity index (χ0) is 22.5. The largest absolute Gasteiger partial charge is 0.497 e. The summed E-state index contributed by atoms with van der Waals surface area (Å²) < 4.78 is 5.36. The Kier molecular flexibility index (Phi) is 5.66. The highest BCUT2D eigenvalue weighted by atomic mass is 16.5. The Labute approximate surface area is 194 Å². The van der Waals surface area contributed by atoms with Gasteiger partial charge in [-0.15, -0.1) is 0 Å². The van der Waals surface area contributed by atoms with Crippen LogP contribution in [-0.4, -0.2) is 19.1 Å². The van der Waals surface area contributed by atoms with Crippen LogP contribution in [0.15, 0.2) is 36.4 Å². The Hall–Kier alpha value is -1.77. The van der Waals surface area contributed by atoms with E-state index in [2.05, 4.69) is 56.4 Å². The highest BCUT2D eigenvalue weighted by Gasteiger charge is 2.60. The van der Waals surface area contributed by atoms with Crippen LogP contribution in [0.25, 0.3) is 0 Å². The van der Waals surface area contributed by atoms with Crippen molar-refractivity contribution < 1.29 is 9.53 Å². The Morgan fingerprint density at radius 3 is 2.56 bits per heavy atom. The molecule has 1 N–H and O–H groups in total. The van der Waals surface area contributed by atoms with Gasteiger partial charge in [-0.05, 0) is 104 Å². The van der Waals surface area contributed by atoms with Crippen LogP contribution in [0.3, 0.4) is 0 Å². The molecule has 3 nitrogen and oxygen atoms in total. The third-order valence-electron chi connectivity index (χ3n) is 10.5. The molecular weight excluding hydrogens is 394 g/mol. The van der Waals surface area contributed by atoms with E-state index in [1.165, 1.54) is 50.5 Å². The van der Waals surface area contributed by atoms with Crippen molar-refractivity contribution in [1.29, 1.82) is 0 Å². The fourth-order valence-electron chi connectivity index (χ4n) is 8.78. The van der Waals surface area contributed by atoms with E-state index in [1.54, 1.807) is 7.11 Å². The van der Waals surface area contributed by atoms with Gasteiger partial charge in [0.15, 0.2) is 0 Å². The van der Waals surface area contributed by atoms with Gasteiger partial charge in [0.2, 0.25) is 5.91 Å². The lowest BCUT2D eigenvalue weighted by atomic mass is 9.47. The normalized spacial score (nSPS) is 41.2. The van der Waals surface area contributed by atoms with Crippen molar-refractivity contribution >= 4 is 5.91 Å². The molecule has 2 unspecified atom stereocenters. The summed E-state index contributed by atoms with van der Waals surface area (Å²) in [6, 6.07) is 9.09. The van der Waals surface area contributed by atoms with E-state index in [4.69, 9.17) is 4.74 Å². The van der Waals surface area contributed by atoms with Crippen LogP contribution in [0.2, 0.25) is 0 Å². The molecule has 5 rings (SSSR count). The lowest BCUT2D eigenvalue weighted by Crippen LogP contribution is -2.59. The van der Waals surface area contributed by atoms with Gasteiger partial charge in [-0.1, -0.05) is 45.4 Å². The Bertz CT molecular complexity index is 876. The average molecular weight is 436 g/mol. The SMILES string of the molecule is CCC(Cc1ccc(OC)cc1)[C@H]1CC[C@H]2[C@@H]3CCC4NC(=O)C=C[C@]4(C)[C@H]3CC[C@]12C. The van der Waals surface area contributed by atoms with Crippen LogP contribution < -0.4 is 10.1 Å². The number of carbonyl (C=O) groups excluding carboxylic acids is 1. The molecule has 0 saturated heterocycles. The molecule has 3 saturated carbocycles. The van der Waals surface area contributed by atoms with Crippen LogP contribution in [-0.2, 0) is 11.2 Å². The van der Waals surface area contributed by atoms with Gasteiger partial charge in [-0.25, -0.2) is 0 Å². The molecule has 32 heavy (non-hydrogen) atoms. The zero-order valence-electron chi connectivity index (χ0n) is 20.4. The summed E-state index contributed by atoms with van der Waals surface area (Å²) in [7, 11) is 1.74. The zero-order valence-corrected chi connectivity index (χ0v) is 20.4. The molecule has 0 bridgehead atoms. The summed E-state index contributed by atoms with van der Waals surface area (Å²) in [6.07, 6.45) is 14.5. The minimum atomic E-state index is 0.108. The highest BCUT2D eigenvalue weighted by molar-refractivity contribution is 5.89. The Morgan fingerprint density at radius 1 is 1.06 bits per heavy atom. The van der Waals surface area contributed by atoms with Crippen molar-refractivity contribution in [3.05, 3.63) is 42.0 Å². The van der Waals surface area contributed by atoms with Crippen LogP contribution >= 0.6 is 0 Å². The van der Waals surface area contributed by atoms with Gasteiger partial charge in [-0.3, -0.25) is 4.79 Å². The van der Waals surface area contributed by atoms with Crippen molar-refractivity contribution in [1.82, 2.24) is 5.32 Å². The molecule has 0 radical (unpaired) electrons. The molecule has 1 heterocycles. The fraction of sp³-hybridized carbons (Fsp3) is 0.690. The highest BCUT2D eigenvalue weighted by Crippen LogP contribution is 2.66. The minimum Gasteiger partial charge on any atom is -0.497 e. The summed E-state index contributed by atoms with van der Waals surface area (Å²) in [5.74, 6) is 5.03. The van der Waals surface area contributed by atoms with E-state index in [0.29, 0.717) is 11.5 Å². The van der Waals surface area contributed by atoms with Gasteiger partial charge in [0.1, 0.15) is 5.75 Å². The number of rotatable bonds is 5. The van der Waals surface area contributed by atoms with Gasteiger partial charge in [-0.2, -0.15) is 0 Å².